The van der Waals surface area contributed by atoms with Crippen LogP contribution in [0.25, 0.3) is 0 Å². The van der Waals surface area contributed by atoms with Gasteiger partial charge in [0.05, 0.1) is 30.4 Å². The Morgan fingerprint density at radius 1 is 1.08 bits per heavy atom. The topological polar surface area (TPSA) is 103 Å². The molecule has 2 rings (SSSR count). The van der Waals surface area contributed by atoms with E-state index in [-0.39, 0.29) is 5.69 Å². The summed E-state index contributed by atoms with van der Waals surface area (Å²) in [6.45, 7) is 1.57. The average Bonchev–Trinajstić information content (AvgIpc) is 2.56. The maximum Gasteiger partial charge on any atom is 0.323 e. The van der Waals surface area contributed by atoms with Gasteiger partial charge in [0.25, 0.3) is 5.69 Å². The highest BCUT2D eigenvalue weighted by Crippen LogP contribution is 2.30. The lowest BCUT2D eigenvalue weighted by Gasteiger charge is -2.12. The lowest BCUT2D eigenvalue weighted by molar-refractivity contribution is -0.385. The molecule has 0 radical (unpaired) electrons. The highest BCUT2D eigenvalue weighted by atomic mass is 16.6. The molecule has 2 N–H and O–H groups in total. The van der Waals surface area contributed by atoms with Gasteiger partial charge in [0.2, 0.25) is 0 Å². The number of methoxy groups -OCH3 is 2. The van der Waals surface area contributed by atoms with E-state index in [0.29, 0.717) is 28.4 Å². The van der Waals surface area contributed by atoms with Crippen LogP contribution in [0.15, 0.2) is 36.4 Å². The summed E-state index contributed by atoms with van der Waals surface area (Å²) < 4.78 is 10.3. The number of carbonyl (C=O) groups excluding carboxylic acids is 1. The van der Waals surface area contributed by atoms with Crippen LogP contribution >= 0.6 is 0 Å². The summed E-state index contributed by atoms with van der Waals surface area (Å²) in [6, 6.07) is 8.89. The molecule has 0 aromatic heterocycles. The molecule has 8 nitrogen and oxygen atoms in total. The Labute approximate surface area is 138 Å². The Kier molecular flexibility index (Phi) is 5.20. The van der Waals surface area contributed by atoms with Gasteiger partial charge in [0.1, 0.15) is 0 Å². The van der Waals surface area contributed by atoms with E-state index in [4.69, 9.17) is 9.47 Å². The highest BCUT2D eigenvalue weighted by Gasteiger charge is 2.15. The minimum atomic E-state index is -0.522. The fraction of sp³-hybridized carbons (Fsp3) is 0.188. The number of carbonyl (C=O) groups is 1. The molecular weight excluding hydrogens is 314 g/mol. The van der Waals surface area contributed by atoms with E-state index in [0.717, 1.165) is 0 Å². The number of nitro benzene ring substituents is 1. The van der Waals surface area contributed by atoms with Crippen molar-refractivity contribution >= 4 is 23.1 Å². The second-order valence-electron chi connectivity index (χ2n) is 4.86. The van der Waals surface area contributed by atoms with E-state index in [1.165, 1.54) is 26.4 Å². The van der Waals surface area contributed by atoms with Gasteiger partial charge in [-0.2, -0.15) is 0 Å². The van der Waals surface area contributed by atoms with Crippen LogP contribution in [0.3, 0.4) is 0 Å². The smallest absolute Gasteiger partial charge is 0.323 e. The van der Waals surface area contributed by atoms with Gasteiger partial charge in [-0.25, -0.2) is 4.79 Å². The van der Waals surface area contributed by atoms with E-state index in [2.05, 4.69) is 10.6 Å². The van der Waals surface area contributed by atoms with Gasteiger partial charge < -0.3 is 20.1 Å². The van der Waals surface area contributed by atoms with E-state index in [1.807, 2.05) is 0 Å². The van der Waals surface area contributed by atoms with Gasteiger partial charge in [-0.3, -0.25) is 10.1 Å². The van der Waals surface area contributed by atoms with Crippen LogP contribution in [0, 0.1) is 17.0 Å². The van der Waals surface area contributed by atoms with Crippen LogP contribution in [-0.2, 0) is 0 Å². The molecule has 0 bridgehead atoms. The monoisotopic (exact) mass is 331 g/mol. The number of rotatable bonds is 5. The van der Waals surface area contributed by atoms with Gasteiger partial charge in [0.15, 0.2) is 11.5 Å². The fourth-order valence-electron chi connectivity index (χ4n) is 2.16. The first-order valence-corrected chi connectivity index (χ1v) is 7.00. The summed E-state index contributed by atoms with van der Waals surface area (Å²) in [4.78, 5) is 22.5. The van der Waals surface area contributed by atoms with Crippen LogP contribution in [0.5, 0.6) is 11.5 Å². The van der Waals surface area contributed by atoms with Crippen LogP contribution < -0.4 is 20.1 Å². The maximum absolute atomic E-state index is 12.1. The molecule has 0 spiro atoms. The second-order valence-corrected chi connectivity index (χ2v) is 4.86. The maximum atomic E-state index is 12.1. The molecule has 126 valence electrons. The third-order valence-corrected chi connectivity index (χ3v) is 3.39. The molecule has 0 aliphatic carbocycles. The van der Waals surface area contributed by atoms with Gasteiger partial charge in [0, 0.05) is 17.8 Å². The summed E-state index contributed by atoms with van der Waals surface area (Å²) >= 11 is 0. The third kappa shape index (κ3) is 3.72. The van der Waals surface area contributed by atoms with Crippen molar-refractivity contribution in [3.63, 3.8) is 0 Å². The molecule has 2 aromatic carbocycles. The quantitative estimate of drug-likeness (QED) is 0.644. The number of anilines is 2. The van der Waals surface area contributed by atoms with Gasteiger partial charge >= 0.3 is 6.03 Å². The Balaban J connectivity index is 2.14. The van der Waals surface area contributed by atoms with E-state index in [9.17, 15) is 14.9 Å². The molecule has 0 aliphatic heterocycles. The van der Waals surface area contributed by atoms with E-state index >= 15 is 0 Å². The fourth-order valence-corrected chi connectivity index (χ4v) is 2.16. The molecule has 0 unspecified atom stereocenters. The largest absolute Gasteiger partial charge is 0.493 e. The minimum absolute atomic E-state index is 0.0566. The summed E-state index contributed by atoms with van der Waals surface area (Å²) in [5, 5.41) is 16.2. The van der Waals surface area contributed by atoms with Crippen molar-refractivity contribution in [2.75, 3.05) is 24.9 Å². The average molecular weight is 331 g/mol. The van der Waals surface area contributed by atoms with Crippen molar-refractivity contribution in [1.29, 1.82) is 0 Å². The standard InChI is InChI=1S/C16H17N3O5/c1-10-12(5-4-6-13(10)19(21)22)18-16(20)17-11-7-8-14(23-2)15(9-11)24-3/h4-9H,1-3H3,(H2,17,18,20). The summed E-state index contributed by atoms with van der Waals surface area (Å²) in [5.41, 5.74) is 1.18. The number of urea groups is 1. The van der Waals surface area contributed by atoms with Crippen molar-refractivity contribution in [2.24, 2.45) is 0 Å². The van der Waals surface area contributed by atoms with Crippen LogP contribution in [0.4, 0.5) is 21.9 Å². The number of nitrogens with one attached hydrogen (secondary N) is 2. The number of ether oxygens (including phenoxy) is 2. The Hall–Kier alpha value is -3.29. The summed E-state index contributed by atoms with van der Waals surface area (Å²) in [6.07, 6.45) is 0. The second kappa shape index (κ2) is 7.32. The SMILES string of the molecule is COc1ccc(NC(=O)Nc2cccc([N+](=O)[O-])c2C)cc1OC. The number of nitro groups is 1. The first-order chi connectivity index (χ1) is 11.5. The van der Waals surface area contributed by atoms with E-state index < -0.39 is 11.0 Å². The Bertz CT molecular complexity index is 776. The molecule has 0 heterocycles. The molecule has 0 saturated heterocycles. The molecule has 24 heavy (non-hydrogen) atoms. The lowest BCUT2D eigenvalue weighted by Crippen LogP contribution is -2.20. The van der Waals surface area contributed by atoms with Gasteiger partial charge in [-0.1, -0.05) is 6.07 Å². The van der Waals surface area contributed by atoms with E-state index in [1.54, 1.807) is 31.2 Å². The zero-order valence-electron chi connectivity index (χ0n) is 13.5. The molecule has 0 saturated carbocycles. The van der Waals surface area contributed by atoms with Crippen molar-refractivity contribution in [3.05, 3.63) is 52.1 Å². The Morgan fingerprint density at radius 3 is 2.42 bits per heavy atom. The minimum Gasteiger partial charge on any atom is -0.493 e. The molecule has 0 fully saturated rings. The summed E-state index contributed by atoms with van der Waals surface area (Å²) in [7, 11) is 3.01. The molecule has 2 aromatic rings. The number of benzene rings is 2. The number of nitrogens with zero attached hydrogens (tertiary/aromatic N) is 1. The zero-order chi connectivity index (χ0) is 17.7. The predicted octanol–water partition coefficient (Wildman–Crippen LogP) is 3.56. The van der Waals surface area contributed by atoms with Crippen molar-refractivity contribution in [2.45, 2.75) is 6.92 Å². The first kappa shape index (κ1) is 17.1. The van der Waals surface area contributed by atoms with Crippen LogP contribution in [0.1, 0.15) is 5.56 Å². The predicted molar refractivity (Wildman–Crippen MR) is 90.0 cm³/mol. The number of amides is 2. The van der Waals surface area contributed by atoms with Gasteiger partial charge in [-0.15, -0.1) is 0 Å². The highest BCUT2D eigenvalue weighted by molar-refractivity contribution is 6.00. The van der Waals surface area contributed by atoms with Crippen molar-refractivity contribution < 1.29 is 19.2 Å². The zero-order valence-corrected chi connectivity index (χ0v) is 13.5. The lowest BCUT2D eigenvalue weighted by atomic mass is 10.1. The molecule has 2 amide bonds. The molecule has 0 atom stereocenters. The third-order valence-electron chi connectivity index (χ3n) is 3.39. The molecular formula is C16H17N3O5. The Morgan fingerprint density at radius 2 is 1.79 bits per heavy atom. The number of hydrogen-bond acceptors (Lipinski definition) is 5. The first-order valence-electron chi connectivity index (χ1n) is 7.00. The van der Waals surface area contributed by atoms with Crippen LogP contribution in [0.2, 0.25) is 0 Å². The van der Waals surface area contributed by atoms with Crippen LogP contribution in [-0.4, -0.2) is 25.2 Å². The normalized spacial score (nSPS) is 9.96. The molecule has 8 heteroatoms. The van der Waals surface area contributed by atoms with Crippen molar-refractivity contribution in [1.82, 2.24) is 0 Å². The summed E-state index contributed by atoms with van der Waals surface area (Å²) in [5.74, 6) is 1.01. The van der Waals surface area contributed by atoms with Gasteiger partial charge in [-0.05, 0) is 25.1 Å². The number of hydrogen-bond donors (Lipinski definition) is 2. The molecule has 0 aliphatic rings. The van der Waals surface area contributed by atoms with Crippen molar-refractivity contribution in [3.8, 4) is 11.5 Å².